The molecule has 206 valence electrons. The molecule has 0 aliphatic carbocycles. The van der Waals surface area contributed by atoms with E-state index in [1.807, 2.05) is 0 Å². The fourth-order valence-electron chi connectivity index (χ4n) is 2.75. The summed E-state index contributed by atoms with van der Waals surface area (Å²) in [7, 11) is 1.14. The molecule has 0 saturated heterocycles. The second-order valence-corrected chi connectivity index (χ2v) is 8.20. The first-order valence-electron chi connectivity index (χ1n) is 11.2. The molecule has 0 fully saturated rings. The zero-order valence-electron chi connectivity index (χ0n) is 20.6. The molecular weight excluding hydrogens is 491 g/mol. The topological polar surface area (TPSA) is 186 Å². The van der Waals surface area contributed by atoms with Crippen LogP contribution in [-0.4, -0.2) is 73.5 Å². The van der Waals surface area contributed by atoms with Crippen LogP contribution in [0, 0.1) is 5.92 Å². The maximum atomic E-state index is 12.7. The smallest absolute Gasteiger partial charge is 0.467 e. The van der Waals surface area contributed by atoms with Crippen LogP contribution in [-0.2, 0) is 33.5 Å². The van der Waals surface area contributed by atoms with Gasteiger partial charge in [-0.05, 0) is 39.5 Å². The van der Waals surface area contributed by atoms with Gasteiger partial charge in [0.15, 0.2) is 0 Å². The number of nitrogens with two attached hydrogens (primary N) is 1. The SMILES string of the molecule is COC(=O)[C@H](C)NC(=O)[C@@H](C)NC(=O)[C@H](CCCCNC(=O)C(F)(F)F)NC(=O)CC[C@@H](C)C(N)=O. The largest absolute Gasteiger partial charge is 0.471 e. The summed E-state index contributed by atoms with van der Waals surface area (Å²) in [6.45, 7) is 3.95. The Labute approximate surface area is 206 Å². The van der Waals surface area contributed by atoms with E-state index in [-0.39, 0.29) is 38.6 Å². The highest BCUT2D eigenvalue weighted by Gasteiger charge is 2.38. The molecule has 0 aromatic heterocycles. The Morgan fingerprint density at radius 3 is 1.97 bits per heavy atom. The Morgan fingerprint density at radius 2 is 1.44 bits per heavy atom. The number of halogens is 3. The Bertz CT molecular complexity index is 807. The van der Waals surface area contributed by atoms with Crippen LogP contribution in [0.1, 0.15) is 52.9 Å². The summed E-state index contributed by atoms with van der Waals surface area (Å²) in [5, 5.41) is 8.92. The van der Waals surface area contributed by atoms with Crippen LogP contribution in [0.25, 0.3) is 0 Å². The lowest BCUT2D eigenvalue weighted by Gasteiger charge is -2.22. The molecule has 0 heterocycles. The molecule has 12 nitrogen and oxygen atoms in total. The van der Waals surface area contributed by atoms with Crippen molar-refractivity contribution in [1.29, 1.82) is 0 Å². The molecule has 15 heteroatoms. The van der Waals surface area contributed by atoms with Gasteiger partial charge in [-0.1, -0.05) is 6.92 Å². The van der Waals surface area contributed by atoms with Crippen molar-refractivity contribution in [1.82, 2.24) is 21.3 Å². The zero-order valence-corrected chi connectivity index (χ0v) is 20.6. The average molecular weight is 526 g/mol. The van der Waals surface area contributed by atoms with Gasteiger partial charge in [-0.3, -0.25) is 24.0 Å². The maximum Gasteiger partial charge on any atom is 0.471 e. The van der Waals surface area contributed by atoms with Crippen LogP contribution in [0.3, 0.4) is 0 Å². The van der Waals surface area contributed by atoms with Crippen molar-refractivity contribution in [3.63, 3.8) is 0 Å². The van der Waals surface area contributed by atoms with Crippen molar-refractivity contribution in [3.05, 3.63) is 0 Å². The summed E-state index contributed by atoms with van der Waals surface area (Å²) in [6, 6.07) is -3.24. The number of methoxy groups -OCH3 is 1. The molecule has 0 aromatic carbocycles. The van der Waals surface area contributed by atoms with Gasteiger partial charge in [0.1, 0.15) is 18.1 Å². The summed E-state index contributed by atoms with van der Waals surface area (Å²) in [5.41, 5.74) is 5.16. The molecule has 0 aliphatic rings. The van der Waals surface area contributed by atoms with Crippen molar-refractivity contribution < 1.29 is 46.7 Å². The minimum absolute atomic E-state index is 0.0161. The molecular formula is C21H34F3N5O7. The number of hydrogen-bond acceptors (Lipinski definition) is 7. The molecule has 0 unspecified atom stereocenters. The fraction of sp³-hybridized carbons (Fsp3) is 0.714. The number of nitrogens with one attached hydrogen (secondary N) is 4. The van der Waals surface area contributed by atoms with Crippen LogP contribution in [0.4, 0.5) is 13.2 Å². The van der Waals surface area contributed by atoms with Crippen LogP contribution in [0.15, 0.2) is 0 Å². The maximum absolute atomic E-state index is 12.7. The van der Waals surface area contributed by atoms with E-state index in [9.17, 15) is 41.9 Å². The Kier molecular flexibility index (Phi) is 14.1. The van der Waals surface area contributed by atoms with Gasteiger partial charge in [0.2, 0.25) is 23.6 Å². The number of carbonyl (C=O) groups excluding carboxylic acids is 6. The number of alkyl halides is 3. The number of rotatable bonds is 15. The van der Waals surface area contributed by atoms with Crippen molar-refractivity contribution in [3.8, 4) is 0 Å². The highest BCUT2D eigenvalue weighted by molar-refractivity contribution is 5.93. The second kappa shape index (κ2) is 15.6. The molecule has 0 aliphatic heterocycles. The lowest BCUT2D eigenvalue weighted by atomic mass is 10.0. The molecule has 0 radical (unpaired) electrons. The highest BCUT2D eigenvalue weighted by atomic mass is 19.4. The van der Waals surface area contributed by atoms with Gasteiger partial charge in [0, 0.05) is 18.9 Å². The molecule has 6 N–H and O–H groups in total. The summed E-state index contributed by atoms with van der Waals surface area (Å²) in [6.07, 6.45) is -4.80. The van der Waals surface area contributed by atoms with E-state index < -0.39 is 65.7 Å². The first-order valence-corrected chi connectivity index (χ1v) is 11.2. The third-order valence-electron chi connectivity index (χ3n) is 5.07. The third kappa shape index (κ3) is 12.9. The number of ether oxygens (including phenoxy) is 1. The Morgan fingerprint density at radius 1 is 0.861 bits per heavy atom. The number of primary amides is 1. The molecule has 0 spiro atoms. The minimum atomic E-state index is -5.01. The van der Waals surface area contributed by atoms with Crippen LogP contribution in [0.2, 0.25) is 0 Å². The minimum Gasteiger partial charge on any atom is -0.467 e. The van der Waals surface area contributed by atoms with Gasteiger partial charge in [-0.2, -0.15) is 13.2 Å². The monoisotopic (exact) mass is 525 g/mol. The molecule has 4 atom stereocenters. The van der Waals surface area contributed by atoms with E-state index in [0.717, 1.165) is 7.11 Å². The van der Waals surface area contributed by atoms with E-state index in [1.165, 1.54) is 20.8 Å². The van der Waals surface area contributed by atoms with E-state index in [2.05, 4.69) is 20.7 Å². The van der Waals surface area contributed by atoms with Crippen molar-refractivity contribution in [2.24, 2.45) is 11.7 Å². The molecule has 5 amide bonds. The highest BCUT2D eigenvalue weighted by Crippen LogP contribution is 2.14. The number of unbranched alkanes of at least 4 members (excludes halogenated alkanes) is 1. The van der Waals surface area contributed by atoms with Gasteiger partial charge < -0.3 is 31.7 Å². The molecule has 0 rings (SSSR count). The van der Waals surface area contributed by atoms with Crippen molar-refractivity contribution >= 4 is 35.5 Å². The first kappa shape index (κ1) is 32.6. The summed E-state index contributed by atoms with van der Waals surface area (Å²) >= 11 is 0. The predicted molar refractivity (Wildman–Crippen MR) is 120 cm³/mol. The van der Waals surface area contributed by atoms with Crippen molar-refractivity contribution in [2.45, 2.75) is 77.2 Å². The van der Waals surface area contributed by atoms with Crippen LogP contribution < -0.4 is 27.0 Å². The van der Waals surface area contributed by atoms with E-state index >= 15 is 0 Å². The Hall–Kier alpha value is -3.39. The molecule has 36 heavy (non-hydrogen) atoms. The summed E-state index contributed by atoms with van der Waals surface area (Å²) < 4.78 is 41.2. The normalized spacial score (nSPS) is 14.4. The second-order valence-electron chi connectivity index (χ2n) is 8.20. The molecule has 0 saturated carbocycles. The van der Waals surface area contributed by atoms with Gasteiger partial charge in [0.05, 0.1) is 7.11 Å². The lowest BCUT2D eigenvalue weighted by Crippen LogP contribution is -2.54. The van der Waals surface area contributed by atoms with Crippen LogP contribution in [0.5, 0.6) is 0 Å². The third-order valence-corrected chi connectivity index (χ3v) is 5.07. The van der Waals surface area contributed by atoms with E-state index in [1.54, 1.807) is 5.32 Å². The van der Waals surface area contributed by atoms with E-state index in [4.69, 9.17) is 5.73 Å². The summed E-state index contributed by atoms with van der Waals surface area (Å²) in [5.74, 6) is -6.00. The number of esters is 1. The van der Waals surface area contributed by atoms with Gasteiger partial charge >= 0.3 is 18.1 Å². The predicted octanol–water partition coefficient (Wildman–Crippen LogP) is -0.596. The Balaban J connectivity index is 5.05. The average Bonchev–Trinajstić information content (AvgIpc) is 2.79. The first-order chi connectivity index (χ1) is 16.6. The van der Waals surface area contributed by atoms with E-state index in [0.29, 0.717) is 0 Å². The number of hydrogen-bond donors (Lipinski definition) is 5. The van der Waals surface area contributed by atoms with Gasteiger partial charge in [-0.25, -0.2) is 4.79 Å². The van der Waals surface area contributed by atoms with Gasteiger partial charge in [0.25, 0.3) is 0 Å². The standard InChI is InChI=1S/C21H34F3N5O7/c1-11(16(25)31)8-9-15(30)29-14(7-5-6-10-26-20(35)21(22,23)24)18(33)27-12(2)17(32)28-13(3)19(34)36-4/h11-14H,5-10H2,1-4H3,(H2,25,31)(H,26,35)(H,27,33)(H,28,32)(H,29,30)/t11-,12-,13+,14+/m1/s1. The summed E-state index contributed by atoms with van der Waals surface area (Å²) in [4.78, 5) is 70.7. The quantitative estimate of drug-likeness (QED) is 0.140. The van der Waals surface area contributed by atoms with Gasteiger partial charge in [-0.15, -0.1) is 0 Å². The molecule has 0 aromatic rings. The number of carbonyl (C=O) groups is 6. The lowest BCUT2D eigenvalue weighted by molar-refractivity contribution is -0.173. The molecule has 0 bridgehead atoms. The fourth-order valence-corrected chi connectivity index (χ4v) is 2.75. The number of amides is 5. The van der Waals surface area contributed by atoms with Crippen LogP contribution >= 0.6 is 0 Å². The zero-order chi connectivity index (χ0) is 28.1. The van der Waals surface area contributed by atoms with Crippen molar-refractivity contribution in [2.75, 3.05) is 13.7 Å².